The molecule has 1 heterocycles. The molecule has 0 saturated carbocycles. The van der Waals surface area contributed by atoms with Crippen molar-refractivity contribution in [1.82, 2.24) is 10.2 Å². The van der Waals surface area contributed by atoms with Gasteiger partial charge in [0.15, 0.2) is 6.04 Å². The lowest BCUT2D eigenvalue weighted by Crippen LogP contribution is -2.43. The van der Waals surface area contributed by atoms with Crippen molar-refractivity contribution in [2.45, 2.75) is 25.8 Å². The van der Waals surface area contributed by atoms with Gasteiger partial charge in [-0.1, -0.05) is 37.3 Å². The highest BCUT2D eigenvalue weighted by Gasteiger charge is 2.24. The van der Waals surface area contributed by atoms with Crippen molar-refractivity contribution in [1.29, 1.82) is 0 Å². The molecule has 1 aliphatic rings. The van der Waals surface area contributed by atoms with E-state index in [0.717, 1.165) is 25.9 Å². The summed E-state index contributed by atoms with van der Waals surface area (Å²) in [5.74, 6) is -0.567. The van der Waals surface area contributed by atoms with E-state index in [4.69, 9.17) is 0 Å². The first-order valence-corrected chi connectivity index (χ1v) is 7.35. The maximum atomic E-state index is 12.1. The molecule has 0 spiro atoms. The second-order valence-electron chi connectivity index (χ2n) is 5.71. The van der Waals surface area contributed by atoms with Crippen molar-refractivity contribution in [3.8, 4) is 0 Å². The standard InChI is InChI=1S/C16H22N2O3/c1-12-7-9-18(10-8-12)11-14(19)17-15(16(20)21)13-5-3-2-4-6-13/h2-6,12,15H,7-11H2,1H3,(H,17,19)(H,20,21). The van der Waals surface area contributed by atoms with Crippen molar-refractivity contribution >= 4 is 11.9 Å². The molecule has 1 unspecified atom stereocenters. The van der Waals surface area contributed by atoms with Gasteiger partial charge in [-0.15, -0.1) is 0 Å². The zero-order valence-corrected chi connectivity index (χ0v) is 12.3. The number of nitrogens with zero attached hydrogens (tertiary/aromatic N) is 1. The molecule has 0 aromatic heterocycles. The van der Waals surface area contributed by atoms with E-state index in [-0.39, 0.29) is 12.5 Å². The average Bonchev–Trinajstić information content (AvgIpc) is 2.48. The SMILES string of the molecule is CC1CCN(CC(=O)NC(C(=O)O)c2ccccc2)CC1. The summed E-state index contributed by atoms with van der Waals surface area (Å²) in [5, 5.41) is 11.9. The normalized spacial score (nSPS) is 18.1. The molecule has 1 aromatic carbocycles. The largest absolute Gasteiger partial charge is 0.479 e. The van der Waals surface area contributed by atoms with E-state index in [1.54, 1.807) is 24.3 Å². The summed E-state index contributed by atoms with van der Waals surface area (Å²) in [7, 11) is 0. The number of hydrogen-bond donors (Lipinski definition) is 2. The summed E-state index contributed by atoms with van der Waals surface area (Å²) >= 11 is 0. The van der Waals surface area contributed by atoms with E-state index in [1.165, 1.54) is 0 Å². The third kappa shape index (κ3) is 4.56. The van der Waals surface area contributed by atoms with Crippen LogP contribution in [0.3, 0.4) is 0 Å². The van der Waals surface area contributed by atoms with Gasteiger partial charge in [-0.3, -0.25) is 9.69 Å². The van der Waals surface area contributed by atoms with Gasteiger partial charge in [0.2, 0.25) is 5.91 Å². The van der Waals surface area contributed by atoms with Crippen molar-refractivity contribution in [2.24, 2.45) is 5.92 Å². The quantitative estimate of drug-likeness (QED) is 0.865. The van der Waals surface area contributed by atoms with Crippen LogP contribution >= 0.6 is 0 Å². The summed E-state index contributed by atoms with van der Waals surface area (Å²) in [6.45, 7) is 4.28. The number of carboxylic acids is 1. The number of carbonyl (C=O) groups is 2. The van der Waals surface area contributed by atoms with Gasteiger partial charge in [-0.2, -0.15) is 0 Å². The highest BCUT2D eigenvalue weighted by Crippen LogP contribution is 2.16. The van der Waals surface area contributed by atoms with Gasteiger partial charge < -0.3 is 10.4 Å². The second-order valence-corrected chi connectivity index (χ2v) is 5.71. The minimum Gasteiger partial charge on any atom is -0.479 e. The van der Waals surface area contributed by atoms with E-state index in [2.05, 4.69) is 17.1 Å². The predicted molar refractivity (Wildman–Crippen MR) is 79.8 cm³/mol. The molecule has 2 rings (SSSR count). The van der Waals surface area contributed by atoms with E-state index in [9.17, 15) is 14.7 Å². The van der Waals surface area contributed by atoms with Crippen LogP contribution in [0.5, 0.6) is 0 Å². The molecule has 1 aliphatic heterocycles. The number of benzene rings is 1. The Morgan fingerprint density at radius 1 is 1.29 bits per heavy atom. The lowest BCUT2D eigenvalue weighted by atomic mass is 9.99. The Morgan fingerprint density at radius 2 is 1.90 bits per heavy atom. The van der Waals surface area contributed by atoms with Crippen LogP contribution in [0.25, 0.3) is 0 Å². The fourth-order valence-corrected chi connectivity index (χ4v) is 2.56. The van der Waals surface area contributed by atoms with Crippen molar-refractivity contribution in [2.75, 3.05) is 19.6 Å². The maximum absolute atomic E-state index is 12.1. The summed E-state index contributed by atoms with van der Waals surface area (Å²) in [4.78, 5) is 25.5. The number of carbonyl (C=O) groups excluding carboxylic acids is 1. The third-order valence-corrected chi connectivity index (χ3v) is 3.93. The third-order valence-electron chi connectivity index (χ3n) is 3.93. The lowest BCUT2D eigenvalue weighted by Gasteiger charge is -2.29. The molecule has 1 atom stereocenters. The van der Waals surface area contributed by atoms with Crippen LogP contribution in [0, 0.1) is 5.92 Å². The predicted octanol–water partition coefficient (Wildman–Crippen LogP) is 1.66. The van der Waals surface area contributed by atoms with Crippen molar-refractivity contribution < 1.29 is 14.7 Å². The van der Waals surface area contributed by atoms with Gasteiger partial charge in [0.1, 0.15) is 0 Å². The summed E-state index contributed by atoms with van der Waals surface area (Å²) < 4.78 is 0. The topological polar surface area (TPSA) is 69.6 Å². The molecule has 5 nitrogen and oxygen atoms in total. The van der Waals surface area contributed by atoms with Crippen LogP contribution in [0.1, 0.15) is 31.4 Å². The Balaban J connectivity index is 1.91. The number of piperidine rings is 1. The summed E-state index contributed by atoms with van der Waals surface area (Å²) in [5.41, 5.74) is 0.589. The molecule has 1 fully saturated rings. The van der Waals surface area contributed by atoms with Crippen LogP contribution in [-0.4, -0.2) is 41.5 Å². The Bertz CT molecular complexity index is 482. The lowest BCUT2D eigenvalue weighted by molar-refractivity contribution is -0.142. The molecule has 2 N–H and O–H groups in total. The van der Waals surface area contributed by atoms with Crippen LogP contribution in [-0.2, 0) is 9.59 Å². The minimum absolute atomic E-state index is 0.235. The molecule has 21 heavy (non-hydrogen) atoms. The maximum Gasteiger partial charge on any atom is 0.330 e. The van der Waals surface area contributed by atoms with Crippen molar-refractivity contribution in [3.63, 3.8) is 0 Å². The van der Waals surface area contributed by atoms with Gasteiger partial charge in [-0.05, 0) is 37.4 Å². The molecule has 0 radical (unpaired) electrons. The fourth-order valence-electron chi connectivity index (χ4n) is 2.56. The molecule has 0 aliphatic carbocycles. The Hall–Kier alpha value is -1.88. The van der Waals surface area contributed by atoms with E-state index in [1.807, 2.05) is 6.07 Å². The molecule has 1 aromatic rings. The van der Waals surface area contributed by atoms with E-state index < -0.39 is 12.0 Å². The first-order chi connectivity index (χ1) is 10.1. The van der Waals surface area contributed by atoms with Crippen molar-refractivity contribution in [3.05, 3.63) is 35.9 Å². The number of hydrogen-bond acceptors (Lipinski definition) is 3. The first-order valence-electron chi connectivity index (χ1n) is 7.35. The smallest absolute Gasteiger partial charge is 0.330 e. The van der Waals surface area contributed by atoms with Gasteiger partial charge >= 0.3 is 5.97 Å². The minimum atomic E-state index is -1.04. The van der Waals surface area contributed by atoms with E-state index in [0.29, 0.717) is 11.5 Å². The Labute approximate surface area is 125 Å². The second kappa shape index (κ2) is 7.22. The van der Waals surface area contributed by atoms with Gasteiger partial charge in [0.25, 0.3) is 0 Å². The monoisotopic (exact) mass is 290 g/mol. The van der Waals surface area contributed by atoms with Gasteiger partial charge in [-0.25, -0.2) is 4.79 Å². The summed E-state index contributed by atoms with van der Waals surface area (Å²) in [6, 6.07) is 7.79. The molecule has 5 heteroatoms. The zero-order valence-electron chi connectivity index (χ0n) is 12.3. The van der Waals surface area contributed by atoms with E-state index >= 15 is 0 Å². The fraction of sp³-hybridized carbons (Fsp3) is 0.500. The number of likely N-dealkylation sites (tertiary alicyclic amines) is 1. The van der Waals surface area contributed by atoms with Crippen LogP contribution in [0.15, 0.2) is 30.3 Å². The van der Waals surface area contributed by atoms with Crippen LogP contribution < -0.4 is 5.32 Å². The number of carboxylic acid groups (broad SMARTS) is 1. The molecule has 114 valence electrons. The number of nitrogens with one attached hydrogen (secondary N) is 1. The van der Waals surface area contributed by atoms with Gasteiger partial charge in [0, 0.05) is 0 Å². The summed E-state index contributed by atoms with van der Waals surface area (Å²) in [6.07, 6.45) is 2.18. The highest BCUT2D eigenvalue weighted by molar-refractivity contribution is 5.85. The number of rotatable bonds is 5. The average molecular weight is 290 g/mol. The molecule has 0 bridgehead atoms. The Morgan fingerprint density at radius 3 is 2.48 bits per heavy atom. The molecular formula is C16H22N2O3. The molecule has 1 saturated heterocycles. The number of aliphatic carboxylic acids is 1. The highest BCUT2D eigenvalue weighted by atomic mass is 16.4. The first kappa shape index (κ1) is 15.5. The Kier molecular flexibility index (Phi) is 5.33. The number of amides is 1. The van der Waals surface area contributed by atoms with Crippen LogP contribution in [0.2, 0.25) is 0 Å². The van der Waals surface area contributed by atoms with Gasteiger partial charge in [0.05, 0.1) is 6.54 Å². The zero-order chi connectivity index (χ0) is 15.2. The van der Waals surface area contributed by atoms with Crippen LogP contribution in [0.4, 0.5) is 0 Å². The molecule has 1 amide bonds. The molecular weight excluding hydrogens is 268 g/mol.